The Kier molecular flexibility index (Phi) is 7.50. The summed E-state index contributed by atoms with van der Waals surface area (Å²) in [5.41, 5.74) is 4.87. The molecule has 0 bridgehead atoms. The number of anilines is 2. The first-order valence-electron chi connectivity index (χ1n) is 16.0. The van der Waals surface area contributed by atoms with Crippen LogP contribution in [-0.2, 0) is 10.8 Å². The van der Waals surface area contributed by atoms with Crippen molar-refractivity contribution >= 4 is 46.7 Å². The number of para-hydroxylation sites is 2. The maximum Gasteiger partial charge on any atom is 0.212 e. The third-order valence-corrected chi connectivity index (χ3v) is 11.2. The van der Waals surface area contributed by atoms with Crippen molar-refractivity contribution in [3.05, 3.63) is 117 Å². The zero-order valence-corrected chi connectivity index (χ0v) is 30.0. The summed E-state index contributed by atoms with van der Waals surface area (Å²) in [4.78, 5) is 4.37. The van der Waals surface area contributed by atoms with E-state index in [0.717, 1.165) is 55.5 Å². The van der Waals surface area contributed by atoms with E-state index in [4.69, 9.17) is 42.1 Å². The van der Waals surface area contributed by atoms with Crippen molar-refractivity contribution in [2.24, 2.45) is 0 Å². The Morgan fingerprint density at radius 3 is 1.35 bits per heavy atom. The van der Waals surface area contributed by atoms with Gasteiger partial charge in [-0.05, 0) is 112 Å². The standard InChI is InChI=1S/2C20H20ClNO2/c2*1-19(2)15-12-14(21)8-9-16(15)22(3)20(19)11-10-13-6-5-7-17(23-4)18(13)24-20/h2*5-12H,1-4H3. The molecule has 0 aliphatic carbocycles. The van der Waals surface area contributed by atoms with Crippen molar-refractivity contribution in [1.29, 1.82) is 0 Å². The van der Waals surface area contributed by atoms with Gasteiger partial charge in [0.2, 0.25) is 11.4 Å². The molecule has 248 valence electrons. The van der Waals surface area contributed by atoms with Crippen molar-refractivity contribution in [3.8, 4) is 23.0 Å². The molecule has 8 heteroatoms. The third-order valence-electron chi connectivity index (χ3n) is 10.7. The van der Waals surface area contributed by atoms with Crippen LogP contribution in [-0.4, -0.2) is 39.8 Å². The molecule has 4 aromatic rings. The molecule has 0 N–H and O–H groups in total. The van der Waals surface area contributed by atoms with Crippen molar-refractivity contribution in [1.82, 2.24) is 0 Å². The monoisotopic (exact) mass is 682 g/mol. The van der Waals surface area contributed by atoms with Crippen LogP contribution in [0.15, 0.2) is 84.9 Å². The Morgan fingerprint density at radius 1 is 0.583 bits per heavy atom. The van der Waals surface area contributed by atoms with Crippen molar-refractivity contribution < 1.29 is 18.9 Å². The fourth-order valence-electron chi connectivity index (χ4n) is 7.87. The van der Waals surface area contributed by atoms with Gasteiger partial charge in [0, 0.05) is 46.6 Å². The molecule has 8 rings (SSSR count). The minimum absolute atomic E-state index is 0.281. The van der Waals surface area contributed by atoms with Crippen LogP contribution in [0.5, 0.6) is 23.0 Å². The lowest BCUT2D eigenvalue weighted by Crippen LogP contribution is -2.58. The zero-order valence-electron chi connectivity index (χ0n) is 28.5. The number of nitrogens with zero attached hydrogens (tertiary/aromatic N) is 2. The van der Waals surface area contributed by atoms with E-state index in [1.807, 2.05) is 60.7 Å². The van der Waals surface area contributed by atoms with Gasteiger partial charge < -0.3 is 28.7 Å². The minimum atomic E-state index is -0.623. The number of fused-ring (bicyclic) bond motifs is 4. The quantitative estimate of drug-likeness (QED) is 0.210. The molecule has 4 aliphatic rings. The molecule has 2 unspecified atom stereocenters. The largest absolute Gasteiger partial charge is 0.493 e. The topological polar surface area (TPSA) is 43.4 Å². The number of rotatable bonds is 2. The van der Waals surface area contributed by atoms with E-state index in [1.165, 1.54) is 11.1 Å². The van der Waals surface area contributed by atoms with Crippen molar-refractivity contribution in [2.45, 2.75) is 50.0 Å². The lowest BCUT2D eigenvalue weighted by Gasteiger charge is -2.46. The van der Waals surface area contributed by atoms with Crippen LogP contribution in [0, 0.1) is 0 Å². The molecule has 0 saturated carbocycles. The molecule has 0 radical (unpaired) electrons. The zero-order chi connectivity index (χ0) is 34.2. The van der Waals surface area contributed by atoms with E-state index in [9.17, 15) is 0 Å². The summed E-state index contributed by atoms with van der Waals surface area (Å²) < 4.78 is 24.3. The Bertz CT molecular complexity index is 1860. The van der Waals surface area contributed by atoms with E-state index in [1.54, 1.807) is 14.2 Å². The Labute approximate surface area is 293 Å². The normalized spacial score (nSPS) is 23.0. The predicted octanol–water partition coefficient (Wildman–Crippen LogP) is 9.76. The summed E-state index contributed by atoms with van der Waals surface area (Å²) in [5, 5.41) is 1.48. The highest BCUT2D eigenvalue weighted by atomic mass is 35.5. The Morgan fingerprint density at radius 2 is 0.979 bits per heavy atom. The number of ether oxygens (including phenoxy) is 4. The van der Waals surface area contributed by atoms with E-state index >= 15 is 0 Å². The second-order valence-corrected chi connectivity index (χ2v) is 14.6. The van der Waals surface area contributed by atoms with Crippen LogP contribution in [0.4, 0.5) is 11.4 Å². The fourth-order valence-corrected chi connectivity index (χ4v) is 8.21. The molecule has 0 aromatic heterocycles. The average molecular weight is 684 g/mol. The molecule has 0 fully saturated rings. The van der Waals surface area contributed by atoms with Crippen LogP contribution >= 0.6 is 23.2 Å². The molecule has 2 atom stereocenters. The van der Waals surface area contributed by atoms with Gasteiger partial charge in [0.1, 0.15) is 0 Å². The maximum atomic E-state index is 6.62. The molecular weight excluding hydrogens is 643 g/mol. The number of halogens is 2. The van der Waals surface area contributed by atoms with Crippen LogP contribution in [0.1, 0.15) is 49.9 Å². The number of likely N-dealkylation sites (N-methyl/N-ethyl adjacent to an activating group) is 2. The van der Waals surface area contributed by atoms with Gasteiger partial charge in [0.25, 0.3) is 0 Å². The van der Waals surface area contributed by atoms with Crippen LogP contribution in [0.2, 0.25) is 10.0 Å². The molecule has 4 aromatic carbocycles. The van der Waals surface area contributed by atoms with Gasteiger partial charge in [-0.15, -0.1) is 0 Å². The molecule has 4 heterocycles. The Balaban J connectivity index is 0.000000152. The SMILES string of the molecule is COc1cccc2c1OC1(C=C2)N(C)c2ccc(Cl)cc2C1(C)C.COc1cccc2c1OC1(C=C2)N(C)c2ccc(Cl)cc2C1(C)C. The molecule has 0 saturated heterocycles. The second-order valence-electron chi connectivity index (χ2n) is 13.7. The van der Waals surface area contributed by atoms with E-state index in [-0.39, 0.29) is 10.8 Å². The van der Waals surface area contributed by atoms with Gasteiger partial charge in [0.05, 0.1) is 25.0 Å². The summed E-state index contributed by atoms with van der Waals surface area (Å²) >= 11 is 12.5. The van der Waals surface area contributed by atoms with Gasteiger partial charge in [0.15, 0.2) is 23.0 Å². The summed E-state index contributed by atoms with van der Waals surface area (Å²) in [6.07, 6.45) is 8.52. The van der Waals surface area contributed by atoms with E-state index in [2.05, 4.69) is 88.0 Å². The predicted molar refractivity (Wildman–Crippen MR) is 197 cm³/mol. The van der Waals surface area contributed by atoms with Gasteiger partial charge >= 0.3 is 0 Å². The summed E-state index contributed by atoms with van der Waals surface area (Å²) in [6, 6.07) is 23.9. The van der Waals surface area contributed by atoms with Crippen LogP contribution < -0.4 is 28.7 Å². The first-order valence-corrected chi connectivity index (χ1v) is 16.7. The summed E-state index contributed by atoms with van der Waals surface area (Å²) in [5.74, 6) is 3.05. The highest BCUT2D eigenvalue weighted by Crippen LogP contribution is 2.57. The summed E-state index contributed by atoms with van der Waals surface area (Å²) in [6.45, 7) is 8.76. The molecule has 4 aliphatic heterocycles. The van der Waals surface area contributed by atoms with Gasteiger partial charge in [-0.3, -0.25) is 0 Å². The Hall–Kier alpha value is -4.26. The number of hydrogen-bond acceptors (Lipinski definition) is 6. The summed E-state index contributed by atoms with van der Waals surface area (Å²) in [7, 11) is 7.46. The first kappa shape index (κ1) is 32.3. The highest BCUT2D eigenvalue weighted by molar-refractivity contribution is 6.31. The third kappa shape index (κ3) is 4.38. The van der Waals surface area contributed by atoms with Gasteiger partial charge in [-0.1, -0.05) is 47.5 Å². The number of benzene rings is 4. The van der Waals surface area contributed by atoms with Gasteiger partial charge in [-0.25, -0.2) is 0 Å². The van der Waals surface area contributed by atoms with Crippen LogP contribution in [0.3, 0.4) is 0 Å². The smallest absolute Gasteiger partial charge is 0.212 e. The van der Waals surface area contributed by atoms with Crippen LogP contribution in [0.25, 0.3) is 12.2 Å². The minimum Gasteiger partial charge on any atom is -0.493 e. The van der Waals surface area contributed by atoms with Crippen molar-refractivity contribution in [3.63, 3.8) is 0 Å². The highest BCUT2D eigenvalue weighted by Gasteiger charge is 2.59. The first-order chi connectivity index (χ1) is 22.8. The number of methoxy groups -OCH3 is 2. The lowest BCUT2D eigenvalue weighted by atomic mass is 9.76. The lowest BCUT2D eigenvalue weighted by molar-refractivity contribution is 0.0552. The van der Waals surface area contributed by atoms with Gasteiger partial charge in [-0.2, -0.15) is 0 Å². The molecule has 48 heavy (non-hydrogen) atoms. The fraction of sp³-hybridized carbons (Fsp3) is 0.300. The maximum absolute atomic E-state index is 6.62. The average Bonchev–Trinajstić information content (AvgIpc) is 3.33. The molecular formula is C40H40Cl2N2O4. The van der Waals surface area contributed by atoms with E-state index < -0.39 is 11.4 Å². The second kappa shape index (κ2) is 11.1. The van der Waals surface area contributed by atoms with Crippen molar-refractivity contribution in [2.75, 3.05) is 38.1 Å². The molecule has 0 amide bonds. The molecule has 6 nitrogen and oxygen atoms in total. The number of hydrogen-bond donors (Lipinski definition) is 0. The molecule has 2 spiro atoms. The van der Waals surface area contributed by atoms with E-state index in [0.29, 0.717) is 0 Å².